The molecule has 26 heavy (non-hydrogen) atoms. The van der Waals surface area contributed by atoms with Crippen LogP contribution in [0, 0.1) is 5.92 Å². The van der Waals surface area contributed by atoms with Crippen molar-refractivity contribution in [1.82, 2.24) is 10.0 Å². The lowest BCUT2D eigenvalue weighted by molar-refractivity contribution is 0.146. The summed E-state index contributed by atoms with van der Waals surface area (Å²) in [6, 6.07) is 4.66. The molecule has 0 radical (unpaired) electrons. The number of rotatable bonds is 9. The van der Waals surface area contributed by atoms with Crippen molar-refractivity contribution in [3.05, 3.63) is 24.3 Å². The van der Waals surface area contributed by atoms with Gasteiger partial charge in [0.15, 0.2) is 9.84 Å². The number of alkyl carbamates (subject to hydrolysis) is 1. The van der Waals surface area contributed by atoms with Gasteiger partial charge in [0, 0.05) is 18.8 Å². The van der Waals surface area contributed by atoms with Crippen LogP contribution in [0.2, 0.25) is 0 Å². The molecule has 1 atom stereocenters. The van der Waals surface area contributed by atoms with E-state index < -0.39 is 32.0 Å². The van der Waals surface area contributed by atoms with Gasteiger partial charge in [-0.05, 0) is 37.5 Å². The Morgan fingerprint density at radius 3 is 2.31 bits per heavy atom. The first kappa shape index (κ1) is 22.4. The molecule has 1 aromatic carbocycles. The minimum absolute atomic E-state index is 0.0393. The van der Waals surface area contributed by atoms with E-state index in [1.807, 2.05) is 13.8 Å². The standard InChI is InChI=1S/C16H26N2O6S2/c1-5-24-16(19)18-13(9-12(2)3)11-17-26(22,23)15-8-6-7-14(10-15)25(4,20)21/h6-8,10,12-13,17H,5,9,11H2,1-4H3,(H,18,19). The van der Waals surface area contributed by atoms with E-state index in [4.69, 9.17) is 4.74 Å². The van der Waals surface area contributed by atoms with Gasteiger partial charge in [-0.15, -0.1) is 0 Å². The van der Waals surface area contributed by atoms with Crippen molar-refractivity contribution in [3.63, 3.8) is 0 Å². The number of amides is 1. The van der Waals surface area contributed by atoms with Crippen molar-refractivity contribution in [3.8, 4) is 0 Å². The van der Waals surface area contributed by atoms with E-state index in [1.54, 1.807) is 6.92 Å². The third-order valence-corrected chi connectivity index (χ3v) is 5.95. The largest absolute Gasteiger partial charge is 0.450 e. The van der Waals surface area contributed by atoms with Crippen LogP contribution in [0.25, 0.3) is 0 Å². The lowest BCUT2D eigenvalue weighted by Crippen LogP contribution is -2.44. The summed E-state index contributed by atoms with van der Waals surface area (Å²) in [5.41, 5.74) is 0. The second-order valence-electron chi connectivity index (χ2n) is 6.29. The van der Waals surface area contributed by atoms with Crippen molar-refractivity contribution in [2.45, 2.75) is 43.0 Å². The summed E-state index contributed by atoms with van der Waals surface area (Å²) in [7, 11) is -7.45. The number of carbonyl (C=O) groups excluding carboxylic acids is 1. The third kappa shape index (κ3) is 7.30. The minimum atomic E-state index is -3.93. The molecule has 0 heterocycles. The number of benzene rings is 1. The van der Waals surface area contributed by atoms with Crippen LogP contribution in [0.3, 0.4) is 0 Å². The molecule has 8 nitrogen and oxygen atoms in total. The van der Waals surface area contributed by atoms with Crippen LogP contribution < -0.4 is 10.0 Å². The molecule has 1 unspecified atom stereocenters. The van der Waals surface area contributed by atoms with Crippen LogP contribution in [0.1, 0.15) is 27.2 Å². The second-order valence-corrected chi connectivity index (χ2v) is 10.1. The second kappa shape index (κ2) is 9.33. The zero-order valence-corrected chi connectivity index (χ0v) is 17.0. The van der Waals surface area contributed by atoms with E-state index in [1.165, 1.54) is 18.2 Å². The fraction of sp³-hybridized carbons (Fsp3) is 0.562. The van der Waals surface area contributed by atoms with Crippen molar-refractivity contribution in [2.75, 3.05) is 19.4 Å². The van der Waals surface area contributed by atoms with Crippen LogP contribution in [0.5, 0.6) is 0 Å². The summed E-state index contributed by atoms with van der Waals surface area (Å²) in [6.07, 6.45) is 0.940. The minimum Gasteiger partial charge on any atom is -0.450 e. The third-order valence-electron chi connectivity index (χ3n) is 3.42. The predicted molar refractivity (Wildman–Crippen MR) is 98.1 cm³/mol. The maximum absolute atomic E-state index is 12.5. The topological polar surface area (TPSA) is 119 Å². The summed E-state index contributed by atoms with van der Waals surface area (Å²) < 4.78 is 55.4. The van der Waals surface area contributed by atoms with E-state index in [9.17, 15) is 21.6 Å². The number of ether oxygens (including phenoxy) is 1. The van der Waals surface area contributed by atoms with Gasteiger partial charge in [-0.25, -0.2) is 26.4 Å². The summed E-state index contributed by atoms with van der Waals surface area (Å²) in [5.74, 6) is 0.222. The van der Waals surface area contributed by atoms with E-state index in [0.29, 0.717) is 6.42 Å². The van der Waals surface area contributed by atoms with Gasteiger partial charge in [-0.2, -0.15) is 0 Å². The van der Waals surface area contributed by atoms with Crippen LogP contribution in [0.4, 0.5) is 4.79 Å². The summed E-state index contributed by atoms with van der Waals surface area (Å²) in [6.45, 7) is 5.75. The Labute approximate surface area is 155 Å². The maximum atomic E-state index is 12.5. The molecule has 0 bridgehead atoms. The lowest BCUT2D eigenvalue weighted by Gasteiger charge is -2.20. The molecule has 0 aromatic heterocycles. The zero-order chi connectivity index (χ0) is 20.0. The van der Waals surface area contributed by atoms with Crippen LogP contribution in [-0.4, -0.2) is 48.4 Å². The smallest absolute Gasteiger partial charge is 0.407 e. The zero-order valence-electron chi connectivity index (χ0n) is 15.4. The number of hydrogen-bond donors (Lipinski definition) is 2. The fourth-order valence-electron chi connectivity index (χ4n) is 2.27. The highest BCUT2D eigenvalue weighted by Gasteiger charge is 2.21. The molecule has 0 aliphatic heterocycles. The van der Waals surface area contributed by atoms with Gasteiger partial charge in [-0.1, -0.05) is 19.9 Å². The van der Waals surface area contributed by atoms with Gasteiger partial charge >= 0.3 is 6.09 Å². The average Bonchev–Trinajstić information content (AvgIpc) is 2.52. The first-order chi connectivity index (χ1) is 12.0. The normalized spacial score (nSPS) is 13.4. The molecule has 1 rings (SSSR count). The quantitative estimate of drug-likeness (QED) is 0.642. The molecule has 0 saturated heterocycles. The molecule has 1 amide bonds. The highest BCUT2D eigenvalue weighted by atomic mass is 32.2. The van der Waals surface area contributed by atoms with E-state index in [0.717, 1.165) is 12.3 Å². The molecule has 0 saturated carbocycles. The Morgan fingerprint density at radius 2 is 1.77 bits per heavy atom. The molecule has 0 fully saturated rings. The summed E-state index contributed by atoms with van der Waals surface area (Å²) >= 11 is 0. The van der Waals surface area contributed by atoms with Gasteiger partial charge in [0.25, 0.3) is 0 Å². The number of hydrogen-bond acceptors (Lipinski definition) is 6. The Hall–Kier alpha value is -1.65. The monoisotopic (exact) mass is 406 g/mol. The van der Waals surface area contributed by atoms with Crippen LogP contribution in [0.15, 0.2) is 34.1 Å². The fourth-order valence-corrected chi connectivity index (χ4v) is 4.14. The molecule has 10 heteroatoms. The van der Waals surface area contributed by atoms with Crippen molar-refractivity contribution >= 4 is 26.0 Å². The number of nitrogens with one attached hydrogen (secondary N) is 2. The Kier molecular flexibility index (Phi) is 8.04. The molecule has 0 spiro atoms. The maximum Gasteiger partial charge on any atom is 0.407 e. The SMILES string of the molecule is CCOC(=O)NC(CNS(=O)(=O)c1cccc(S(C)(=O)=O)c1)CC(C)C. The molecule has 1 aromatic rings. The number of sulfonamides is 1. The Balaban J connectivity index is 2.91. The van der Waals surface area contributed by atoms with Crippen LogP contribution in [-0.2, 0) is 24.6 Å². The van der Waals surface area contributed by atoms with Crippen molar-refractivity contribution in [2.24, 2.45) is 5.92 Å². The van der Waals surface area contributed by atoms with Gasteiger partial charge in [-0.3, -0.25) is 0 Å². The van der Waals surface area contributed by atoms with E-state index >= 15 is 0 Å². The van der Waals surface area contributed by atoms with E-state index in [-0.39, 0.29) is 28.9 Å². The summed E-state index contributed by atoms with van der Waals surface area (Å²) in [4.78, 5) is 11.4. The van der Waals surface area contributed by atoms with Gasteiger partial charge in [0.2, 0.25) is 10.0 Å². The Morgan fingerprint density at radius 1 is 1.15 bits per heavy atom. The van der Waals surface area contributed by atoms with Crippen LogP contribution >= 0.6 is 0 Å². The molecular formula is C16H26N2O6S2. The Bertz CT molecular complexity index is 819. The highest BCUT2D eigenvalue weighted by Crippen LogP contribution is 2.16. The van der Waals surface area contributed by atoms with Crippen molar-refractivity contribution in [1.29, 1.82) is 0 Å². The molecule has 0 aliphatic rings. The predicted octanol–water partition coefficient (Wildman–Crippen LogP) is 1.53. The molecule has 148 valence electrons. The summed E-state index contributed by atoms with van der Waals surface area (Å²) in [5, 5.41) is 2.62. The molecular weight excluding hydrogens is 380 g/mol. The highest BCUT2D eigenvalue weighted by molar-refractivity contribution is 7.91. The van der Waals surface area contributed by atoms with Gasteiger partial charge < -0.3 is 10.1 Å². The number of sulfone groups is 1. The first-order valence-corrected chi connectivity index (χ1v) is 11.6. The van der Waals surface area contributed by atoms with Crippen molar-refractivity contribution < 1.29 is 26.4 Å². The average molecular weight is 407 g/mol. The lowest BCUT2D eigenvalue weighted by atomic mass is 10.0. The van der Waals surface area contributed by atoms with Gasteiger partial charge in [0.05, 0.1) is 16.4 Å². The first-order valence-electron chi connectivity index (χ1n) is 8.18. The molecule has 0 aliphatic carbocycles. The van der Waals surface area contributed by atoms with E-state index in [2.05, 4.69) is 10.0 Å². The molecule has 2 N–H and O–H groups in total. The number of carbonyl (C=O) groups is 1. The van der Waals surface area contributed by atoms with Gasteiger partial charge in [0.1, 0.15) is 0 Å².